The number of aryl methyl sites for hydroxylation is 2. The molecule has 0 radical (unpaired) electrons. The molecule has 1 aliphatic heterocycles. The number of aromatic nitrogens is 3. The Kier molecular flexibility index (Phi) is 4.21. The average molecular weight is 320 g/mol. The maximum absolute atomic E-state index is 12.5. The fourth-order valence-corrected chi connectivity index (χ4v) is 3.64. The number of nitrogens with zero attached hydrogens (tertiary/aromatic N) is 3. The summed E-state index contributed by atoms with van der Waals surface area (Å²) < 4.78 is 2.03. The predicted molar refractivity (Wildman–Crippen MR) is 86.8 cm³/mol. The summed E-state index contributed by atoms with van der Waals surface area (Å²) in [6.45, 7) is 7.42. The van der Waals surface area contributed by atoms with Gasteiger partial charge in [0.15, 0.2) is 0 Å². The minimum absolute atomic E-state index is 0.0435. The first kappa shape index (κ1) is 16.4. The number of carbonyl (C=O) groups is 1. The molecule has 0 bridgehead atoms. The second kappa shape index (κ2) is 5.89. The summed E-state index contributed by atoms with van der Waals surface area (Å²) in [5.41, 5.74) is -0.431. The molecule has 1 saturated carbocycles. The van der Waals surface area contributed by atoms with Gasteiger partial charge >= 0.3 is 0 Å². The van der Waals surface area contributed by atoms with Crippen molar-refractivity contribution in [2.45, 2.75) is 71.4 Å². The van der Waals surface area contributed by atoms with Crippen molar-refractivity contribution in [3.8, 4) is 0 Å². The van der Waals surface area contributed by atoms with Gasteiger partial charge in [-0.2, -0.15) is 0 Å². The van der Waals surface area contributed by atoms with E-state index in [1.54, 1.807) is 0 Å². The molecule has 2 N–H and O–H groups in total. The van der Waals surface area contributed by atoms with Gasteiger partial charge in [-0.15, -0.1) is 10.2 Å². The van der Waals surface area contributed by atoms with Crippen LogP contribution >= 0.6 is 0 Å². The summed E-state index contributed by atoms with van der Waals surface area (Å²) >= 11 is 0. The molecular formula is C17H28N4O2. The van der Waals surface area contributed by atoms with Crippen molar-refractivity contribution in [3.05, 3.63) is 11.6 Å². The van der Waals surface area contributed by atoms with E-state index < -0.39 is 5.60 Å². The van der Waals surface area contributed by atoms with Gasteiger partial charge in [-0.25, -0.2) is 0 Å². The Labute approximate surface area is 137 Å². The Morgan fingerprint density at radius 1 is 1.30 bits per heavy atom. The number of nitrogens with one attached hydrogen (secondary N) is 1. The summed E-state index contributed by atoms with van der Waals surface area (Å²) in [7, 11) is 0. The first-order valence-corrected chi connectivity index (χ1v) is 8.67. The molecular weight excluding hydrogens is 292 g/mol. The normalized spacial score (nSPS) is 25.7. The van der Waals surface area contributed by atoms with Crippen molar-refractivity contribution in [1.29, 1.82) is 0 Å². The molecule has 2 aliphatic rings. The van der Waals surface area contributed by atoms with Crippen LogP contribution in [-0.2, 0) is 17.8 Å². The number of hydrogen-bond donors (Lipinski definition) is 2. The van der Waals surface area contributed by atoms with Crippen LogP contribution in [-0.4, -0.2) is 37.9 Å². The fourth-order valence-electron chi connectivity index (χ4n) is 3.64. The number of amides is 1. The number of carbonyl (C=O) groups excluding carboxylic acids is 1. The lowest BCUT2D eigenvalue weighted by atomic mass is 9.71. The van der Waals surface area contributed by atoms with E-state index in [0.717, 1.165) is 50.2 Å². The molecule has 0 aromatic carbocycles. The van der Waals surface area contributed by atoms with E-state index in [4.69, 9.17) is 0 Å². The van der Waals surface area contributed by atoms with Crippen molar-refractivity contribution in [3.63, 3.8) is 0 Å². The summed E-state index contributed by atoms with van der Waals surface area (Å²) in [5.74, 6) is 1.83. The van der Waals surface area contributed by atoms with Gasteiger partial charge in [0.25, 0.3) is 0 Å². The highest BCUT2D eigenvalue weighted by Crippen LogP contribution is 2.39. The highest BCUT2D eigenvalue weighted by atomic mass is 16.3. The molecule has 128 valence electrons. The van der Waals surface area contributed by atoms with E-state index in [1.165, 1.54) is 0 Å². The standard InChI is InChI=1S/C17H28N4O2/c1-12-19-20-14-5-4-13(10-21(12)14)15(22)18-11-17(23)8-6-16(2,3)7-9-17/h13,23H,4-11H2,1-3H3,(H,18,22). The van der Waals surface area contributed by atoms with Crippen molar-refractivity contribution in [2.24, 2.45) is 11.3 Å². The molecule has 1 unspecified atom stereocenters. The van der Waals surface area contributed by atoms with Gasteiger partial charge in [0, 0.05) is 19.5 Å². The van der Waals surface area contributed by atoms with Crippen LogP contribution in [0, 0.1) is 18.3 Å². The molecule has 1 aliphatic carbocycles. The van der Waals surface area contributed by atoms with E-state index in [1.807, 2.05) is 11.5 Å². The van der Waals surface area contributed by atoms with Gasteiger partial charge < -0.3 is 15.0 Å². The number of aliphatic hydroxyl groups is 1. The Morgan fingerprint density at radius 2 is 2.00 bits per heavy atom. The molecule has 1 atom stereocenters. The van der Waals surface area contributed by atoms with Crippen LogP contribution in [0.1, 0.15) is 57.6 Å². The predicted octanol–water partition coefficient (Wildman–Crippen LogP) is 1.60. The highest BCUT2D eigenvalue weighted by Gasteiger charge is 2.37. The van der Waals surface area contributed by atoms with E-state index in [0.29, 0.717) is 18.5 Å². The summed E-state index contributed by atoms with van der Waals surface area (Å²) in [6.07, 6.45) is 5.13. The SMILES string of the molecule is Cc1nnc2n1CC(C(=O)NCC1(O)CCC(C)(C)CC1)CC2. The molecule has 0 spiro atoms. The smallest absolute Gasteiger partial charge is 0.225 e. The zero-order valence-corrected chi connectivity index (χ0v) is 14.4. The lowest BCUT2D eigenvalue weighted by Crippen LogP contribution is -2.48. The number of rotatable bonds is 3. The minimum atomic E-state index is -0.739. The molecule has 1 aromatic rings. The lowest BCUT2D eigenvalue weighted by molar-refractivity contribution is -0.127. The van der Waals surface area contributed by atoms with Crippen LogP contribution in [0.25, 0.3) is 0 Å². The monoisotopic (exact) mass is 320 g/mol. The highest BCUT2D eigenvalue weighted by molar-refractivity contribution is 5.78. The van der Waals surface area contributed by atoms with Crippen LogP contribution < -0.4 is 5.32 Å². The van der Waals surface area contributed by atoms with E-state index in [2.05, 4.69) is 29.4 Å². The van der Waals surface area contributed by atoms with Gasteiger partial charge in [0.1, 0.15) is 11.6 Å². The fraction of sp³-hybridized carbons (Fsp3) is 0.824. The van der Waals surface area contributed by atoms with Crippen LogP contribution in [0.2, 0.25) is 0 Å². The van der Waals surface area contributed by atoms with Gasteiger partial charge in [-0.05, 0) is 44.4 Å². The van der Waals surface area contributed by atoms with Crippen molar-refractivity contribution in [1.82, 2.24) is 20.1 Å². The van der Waals surface area contributed by atoms with E-state index in [9.17, 15) is 9.90 Å². The molecule has 1 amide bonds. The Morgan fingerprint density at radius 3 is 2.70 bits per heavy atom. The second-order valence-corrected chi connectivity index (χ2v) is 8.12. The summed E-state index contributed by atoms with van der Waals surface area (Å²) in [5, 5.41) is 21.9. The molecule has 2 heterocycles. The Hall–Kier alpha value is -1.43. The van der Waals surface area contributed by atoms with Gasteiger partial charge in [0.05, 0.1) is 11.5 Å². The average Bonchev–Trinajstić information content (AvgIpc) is 2.89. The first-order chi connectivity index (χ1) is 10.8. The molecule has 0 saturated heterocycles. The zero-order chi connectivity index (χ0) is 16.7. The topological polar surface area (TPSA) is 80.0 Å². The third kappa shape index (κ3) is 3.57. The second-order valence-electron chi connectivity index (χ2n) is 8.12. The maximum atomic E-state index is 12.5. The van der Waals surface area contributed by atoms with Crippen molar-refractivity contribution < 1.29 is 9.90 Å². The van der Waals surface area contributed by atoms with Crippen LogP contribution in [0.5, 0.6) is 0 Å². The van der Waals surface area contributed by atoms with Crippen LogP contribution in [0.15, 0.2) is 0 Å². The third-order valence-electron chi connectivity index (χ3n) is 5.63. The summed E-state index contributed by atoms with van der Waals surface area (Å²) in [6, 6.07) is 0. The van der Waals surface area contributed by atoms with Crippen molar-refractivity contribution >= 4 is 5.91 Å². The molecule has 23 heavy (non-hydrogen) atoms. The maximum Gasteiger partial charge on any atom is 0.225 e. The Bertz CT molecular complexity index is 583. The number of fused-ring (bicyclic) bond motifs is 1. The molecule has 6 heteroatoms. The van der Waals surface area contributed by atoms with Gasteiger partial charge in [0.2, 0.25) is 5.91 Å². The Balaban J connectivity index is 1.53. The summed E-state index contributed by atoms with van der Waals surface area (Å²) in [4.78, 5) is 12.5. The largest absolute Gasteiger partial charge is 0.388 e. The quantitative estimate of drug-likeness (QED) is 0.886. The van der Waals surface area contributed by atoms with E-state index >= 15 is 0 Å². The third-order valence-corrected chi connectivity index (χ3v) is 5.63. The van der Waals surface area contributed by atoms with Crippen LogP contribution in [0.3, 0.4) is 0 Å². The first-order valence-electron chi connectivity index (χ1n) is 8.67. The van der Waals surface area contributed by atoms with Crippen LogP contribution in [0.4, 0.5) is 0 Å². The minimum Gasteiger partial charge on any atom is -0.388 e. The zero-order valence-electron chi connectivity index (χ0n) is 14.4. The van der Waals surface area contributed by atoms with Gasteiger partial charge in [-0.1, -0.05) is 13.8 Å². The molecule has 6 nitrogen and oxygen atoms in total. The number of hydrogen-bond acceptors (Lipinski definition) is 4. The van der Waals surface area contributed by atoms with Gasteiger partial charge in [-0.3, -0.25) is 4.79 Å². The van der Waals surface area contributed by atoms with Crippen molar-refractivity contribution in [2.75, 3.05) is 6.54 Å². The lowest BCUT2D eigenvalue weighted by Gasteiger charge is -2.40. The molecule has 3 rings (SSSR count). The molecule has 1 aromatic heterocycles. The van der Waals surface area contributed by atoms with E-state index in [-0.39, 0.29) is 11.8 Å². The molecule has 1 fully saturated rings.